The lowest BCUT2D eigenvalue weighted by Crippen LogP contribution is -2.35. The molecule has 8 nitrogen and oxygen atoms in total. The SMILES string of the molecule is COc1ccc(OC)c([C@@H]2CCCN2C(=O)COC(=O)Cn2c(C)csc2=O)c1. The summed E-state index contributed by atoms with van der Waals surface area (Å²) >= 11 is 1.02. The van der Waals surface area contributed by atoms with Gasteiger partial charge in [-0.15, -0.1) is 0 Å². The van der Waals surface area contributed by atoms with E-state index in [2.05, 4.69) is 0 Å². The number of aryl methyl sites for hydroxylation is 1. The van der Waals surface area contributed by atoms with E-state index in [4.69, 9.17) is 14.2 Å². The molecule has 0 aliphatic carbocycles. The second kappa shape index (κ2) is 9.13. The van der Waals surface area contributed by atoms with Crippen LogP contribution in [0, 0.1) is 6.92 Å². The van der Waals surface area contributed by atoms with Crippen LogP contribution in [0.2, 0.25) is 0 Å². The molecule has 0 N–H and O–H groups in total. The second-order valence-electron chi connectivity index (χ2n) is 6.74. The molecule has 0 unspecified atom stereocenters. The molecule has 1 fully saturated rings. The number of methoxy groups -OCH3 is 2. The van der Waals surface area contributed by atoms with Gasteiger partial charge in [-0.25, -0.2) is 0 Å². The Labute approximate surface area is 172 Å². The lowest BCUT2D eigenvalue weighted by molar-refractivity contribution is -0.153. The average Bonchev–Trinajstić information content (AvgIpc) is 3.34. The van der Waals surface area contributed by atoms with Crippen LogP contribution in [-0.4, -0.2) is 48.7 Å². The van der Waals surface area contributed by atoms with Crippen LogP contribution in [0.25, 0.3) is 0 Å². The number of aromatic nitrogens is 1. The van der Waals surface area contributed by atoms with E-state index in [9.17, 15) is 14.4 Å². The zero-order chi connectivity index (χ0) is 21.0. The fraction of sp³-hybridized carbons (Fsp3) is 0.450. The highest BCUT2D eigenvalue weighted by Crippen LogP contribution is 2.38. The number of likely N-dealkylation sites (tertiary alicyclic amines) is 1. The Morgan fingerprint density at radius 3 is 2.69 bits per heavy atom. The third-order valence-electron chi connectivity index (χ3n) is 4.99. The number of amides is 1. The van der Waals surface area contributed by atoms with E-state index in [1.165, 1.54) is 4.57 Å². The quantitative estimate of drug-likeness (QED) is 0.638. The van der Waals surface area contributed by atoms with Gasteiger partial charge in [0.05, 0.1) is 20.3 Å². The Morgan fingerprint density at radius 1 is 1.24 bits per heavy atom. The standard InChI is InChI=1S/C20H24N2O6S/c1-13-12-29-20(25)22(13)10-19(24)28-11-18(23)21-8-4-5-16(21)15-9-14(26-2)6-7-17(15)27-3/h6-7,9,12,16H,4-5,8,10-11H2,1-3H3/t16-/m0/s1. The molecule has 0 radical (unpaired) electrons. The molecule has 29 heavy (non-hydrogen) atoms. The van der Waals surface area contributed by atoms with E-state index in [1.54, 1.807) is 37.5 Å². The molecule has 0 bridgehead atoms. The van der Waals surface area contributed by atoms with Crippen LogP contribution < -0.4 is 14.3 Å². The van der Waals surface area contributed by atoms with Crippen LogP contribution in [0.4, 0.5) is 0 Å². The summed E-state index contributed by atoms with van der Waals surface area (Å²) in [6, 6.07) is 5.32. The first-order chi connectivity index (χ1) is 13.9. The van der Waals surface area contributed by atoms with Gasteiger partial charge in [0.15, 0.2) is 6.61 Å². The van der Waals surface area contributed by atoms with Gasteiger partial charge in [0.2, 0.25) is 0 Å². The number of ether oxygens (including phenoxy) is 3. The maximum Gasteiger partial charge on any atom is 0.326 e. The summed E-state index contributed by atoms with van der Waals surface area (Å²) in [4.78, 5) is 38.0. The summed E-state index contributed by atoms with van der Waals surface area (Å²) in [6.45, 7) is 1.76. The number of thiazole rings is 1. The fourth-order valence-electron chi connectivity index (χ4n) is 3.48. The smallest absolute Gasteiger partial charge is 0.326 e. The van der Waals surface area contributed by atoms with Crippen molar-refractivity contribution >= 4 is 23.2 Å². The molecule has 9 heteroatoms. The topological polar surface area (TPSA) is 87.1 Å². The van der Waals surface area contributed by atoms with Gasteiger partial charge in [-0.05, 0) is 38.0 Å². The molecule has 1 amide bonds. The van der Waals surface area contributed by atoms with Crippen molar-refractivity contribution in [1.82, 2.24) is 9.47 Å². The molecule has 1 aromatic carbocycles. The number of carbonyl (C=O) groups is 2. The molecular weight excluding hydrogens is 396 g/mol. The van der Waals surface area contributed by atoms with E-state index in [1.807, 2.05) is 12.1 Å². The van der Waals surface area contributed by atoms with Crippen molar-refractivity contribution in [3.8, 4) is 11.5 Å². The van der Waals surface area contributed by atoms with Gasteiger partial charge >= 0.3 is 10.8 Å². The van der Waals surface area contributed by atoms with Gasteiger partial charge in [-0.2, -0.15) is 0 Å². The minimum Gasteiger partial charge on any atom is -0.497 e. The Kier molecular flexibility index (Phi) is 6.58. The number of hydrogen-bond donors (Lipinski definition) is 0. The predicted molar refractivity (Wildman–Crippen MR) is 108 cm³/mol. The highest BCUT2D eigenvalue weighted by atomic mass is 32.1. The molecule has 156 valence electrons. The first kappa shape index (κ1) is 20.9. The highest BCUT2D eigenvalue weighted by molar-refractivity contribution is 7.07. The predicted octanol–water partition coefficient (Wildman–Crippen LogP) is 2.14. The van der Waals surface area contributed by atoms with Crippen molar-refractivity contribution in [3.63, 3.8) is 0 Å². The first-order valence-electron chi connectivity index (χ1n) is 9.26. The Hall–Kier alpha value is -2.81. The van der Waals surface area contributed by atoms with Crippen LogP contribution >= 0.6 is 11.3 Å². The normalized spacial score (nSPS) is 16.0. The number of carbonyl (C=O) groups excluding carboxylic acids is 2. The number of esters is 1. The number of nitrogens with zero attached hydrogens (tertiary/aromatic N) is 2. The first-order valence-corrected chi connectivity index (χ1v) is 10.1. The second-order valence-corrected chi connectivity index (χ2v) is 7.56. The molecule has 0 spiro atoms. The summed E-state index contributed by atoms with van der Waals surface area (Å²) in [5.41, 5.74) is 1.55. The van der Waals surface area contributed by atoms with Gasteiger partial charge < -0.3 is 19.1 Å². The summed E-state index contributed by atoms with van der Waals surface area (Å²) in [5, 5.41) is 1.68. The molecule has 3 rings (SSSR count). The largest absolute Gasteiger partial charge is 0.497 e. The third-order valence-corrected chi connectivity index (χ3v) is 5.87. The Balaban J connectivity index is 1.66. The maximum absolute atomic E-state index is 12.7. The molecule has 1 aliphatic rings. The van der Waals surface area contributed by atoms with Gasteiger partial charge in [-0.1, -0.05) is 11.3 Å². The van der Waals surface area contributed by atoms with Crippen molar-refractivity contribution in [2.24, 2.45) is 0 Å². The van der Waals surface area contributed by atoms with Crippen molar-refractivity contribution in [2.75, 3.05) is 27.4 Å². The summed E-state index contributed by atoms with van der Waals surface area (Å²) in [7, 11) is 3.17. The van der Waals surface area contributed by atoms with Crippen LogP contribution in [0.1, 0.15) is 30.1 Å². The minimum atomic E-state index is -0.614. The van der Waals surface area contributed by atoms with E-state index >= 15 is 0 Å². The maximum atomic E-state index is 12.7. The lowest BCUT2D eigenvalue weighted by atomic mass is 10.0. The summed E-state index contributed by atoms with van der Waals surface area (Å²) < 4.78 is 17.2. The average molecular weight is 420 g/mol. The van der Waals surface area contributed by atoms with Gasteiger partial charge in [0, 0.05) is 23.2 Å². The molecule has 1 saturated heterocycles. The Bertz CT molecular complexity index is 951. The van der Waals surface area contributed by atoms with Crippen LogP contribution in [0.5, 0.6) is 11.5 Å². The van der Waals surface area contributed by atoms with Gasteiger partial charge in [-0.3, -0.25) is 19.0 Å². The van der Waals surface area contributed by atoms with Gasteiger partial charge in [0.25, 0.3) is 5.91 Å². The van der Waals surface area contributed by atoms with Crippen LogP contribution in [0.3, 0.4) is 0 Å². The highest BCUT2D eigenvalue weighted by Gasteiger charge is 2.32. The van der Waals surface area contributed by atoms with E-state index in [0.29, 0.717) is 23.7 Å². The van der Waals surface area contributed by atoms with Crippen molar-refractivity contribution in [2.45, 2.75) is 32.4 Å². The van der Waals surface area contributed by atoms with Crippen LogP contribution in [0.15, 0.2) is 28.4 Å². The summed E-state index contributed by atoms with van der Waals surface area (Å²) in [6.07, 6.45) is 1.63. The van der Waals surface area contributed by atoms with Crippen molar-refractivity contribution in [3.05, 3.63) is 44.5 Å². The lowest BCUT2D eigenvalue weighted by Gasteiger charge is -2.26. The molecule has 0 saturated carbocycles. The number of hydrogen-bond acceptors (Lipinski definition) is 7. The molecule has 2 aromatic rings. The monoisotopic (exact) mass is 420 g/mol. The fourth-order valence-corrected chi connectivity index (χ4v) is 4.22. The van der Waals surface area contributed by atoms with E-state index < -0.39 is 5.97 Å². The molecule has 2 heterocycles. The van der Waals surface area contributed by atoms with Crippen molar-refractivity contribution in [1.29, 1.82) is 0 Å². The zero-order valence-electron chi connectivity index (χ0n) is 16.7. The van der Waals surface area contributed by atoms with Gasteiger partial charge in [0.1, 0.15) is 18.0 Å². The van der Waals surface area contributed by atoms with E-state index in [0.717, 1.165) is 29.7 Å². The van der Waals surface area contributed by atoms with Crippen LogP contribution in [-0.2, 0) is 20.9 Å². The number of rotatable bonds is 7. The summed E-state index contributed by atoms with van der Waals surface area (Å²) in [5.74, 6) is 0.472. The molecule has 1 atom stereocenters. The molecular formula is C20H24N2O6S. The molecule has 1 aromatic heterocycles. The van der Waals surface area contributed by atoms with Crippen molar-refractivity contribution < 1.29 is 23.8 Å². The minimum absolute atomic E-state index is 0.173. The number of benzene rings is 1. The zero-order valence-corrected chi connectivity index (χ0v) is 17.5. The molecule has 1 aliphatic heterocycles. The Morgan fingerprint density at radius 2 is 2.03 bits per heavy atom. The third kappa shape index (κ3) is 4.61. The van der Waals surface area contributed by atoms with E-state index in [-0.39, 0.29) is 30.0 Å².